The van der Waals surface area contributed by atoms with Crippen LogP contribution in [0.1, 0.15) is 33.6 Å². The Bertz CT molecular complexity index is 890. The Hall–Kier alpha value is -2.73. The Morgan fingerprint density at radius 2 is 1.81 bits per heavy atom. The fraction of sp³-hybridized carbons (Fsp3) is 0.300. The smallest absolute Gasteiger partial charge is 0.255 e. The molecular weight excluding hydrogens is 366 g/mol. The van der Waals surface area contributed by atoms with Gasteiger partial charge >= 0.3 is 0 Å². The number of piperidine rings is 1. The van der Waals surface area contributed by atoms with Crippen LogP contribution in [-0.4, -0.2) is 42.6 Å². The minimum absolute atomic E-state index is 0.0157. The number of hydrogen-bond donors (Lipinski definition) is 2. The van der Waals surface area contributed by atoms with Crippen LogP contribution >= 0.6 is 11.6 Å². The first-order chi connectivity index (χ1) is 13.0. The van der Waals surface area contributed by atoms with Crippen LogP contribution in [0.3, 0.4) is 0 Å². The van der Waals surface area contributed by atoms with Crippen molar-refractivity contribution in [1.82, 2.24) is 10.2 Å². The zero-order valence-corrected chi connectivity index (χ0v) is 15.7. The molecule has 27 heavy (non-hydrogen) atoms. The molecule has 6 nitrogen and oxygen atoms in total. The fourth-order valence-corrected chi connectivity index (χ4v) is 3.82. The maximum Gasteiger partial charge on any atom is 0.255 e. The van der Waals surface area contributed by atoms with Crippen LogP contribution < -0.4 is 15.4 Å². The highest BCUT2D eigenvalue weighted by atomic mass is 35.5. The molecule has 2 amide bonds. The molecule has 7 heteroatoms. The van der Waals surface area contributed by atoms with E-state index in [4.69, 9.17) is 16.3 Å². The van der Waals surface area contributed by atoms with Gasteiger partial charge in [0.1, 0.15) is 11.4 Å². The van der Waals surface area contributed by atoms with Gasteiger partial charge in [-0.25, -0.2) is 0 Å². The molecule has 2 heterocycles. The SMILES string of the molecule is COc1ccc(C(=O)N2CCC3(CC2)NC(=O)c2ccc(Cl)cc2N3)cc1. The number of benzene rings is 2. The maximum atomic E-state index is 12.7. The van der Waals surface area contributed by atoms with E-state index in [2.05, 4.69) is 10.6 Å². The Kier molecular flexibility index (Phi) is 4.44. The van der Waals surface area contributed by atoms with E-state index in [1.807, 2.05) is 4.90 Å². The van der Waals surface area contributed by atoms with E-state index in [-0.39, 0.29) is 11.8 Å². The van der Waals surface area contributed by atoms with Gasteiger partial charge in [-0.1, -0.05) is 11.6 Å². The van der Waals surface area contributed by atoms with Gasteiger partial charge in [-0.3, -0.25) is 9.59 Å². The summed E-state index contributed by atoms with van der Waals surface area (Å²) in [6.07, 6.45) is 1.24. The van der Waals surface area contributed by atoms with Crippen molar-refractivity contribution < 1.29 is 14.3 Å². The maximum absolute atomic E-state index is 12.7. The lowest BCUT2D eigenvalue weighted by Gasteiger charge is -2.46. The summed E-state index contributed by atoms with van der Waals surface area (Å²) < 4.78 is 5.13. The van der Waals surface area contributed by atoms with Crippen molar-refractivity contribution in [1.29, 1.82) is 0 Å². The minimum Gasteiger partial charge on any atom is -0.497 e. The van der Waals surface area contributed by atoms with Gasteiger partial charge in [0.05, 0.1) is 18.4 Å². The number of nitrogens with one attached hydrogen (secondary N) is 2. The number of carbonyl (C=O) groups excluding carboxylic acids is 2. The number of halogens is 1. The molecular formula is C20H20ClN3O3. The summed E-state index contributed by atoms with van der Waals surface area (Å²) in [6, 6.07) is 12.3. The topological polar surface area (TPSA) is 70.7 Å². The molecule has 2 aromatic carbocycles. The fourth-order valence-electron chi connectivity index (χ4n) is 3.65. The minimum atomic E-state index is -0.550. The largest absolute Gasteiger partial charge is 0.497 e. The average molecular weight is 386 g/mol. The summed E-state index contributed by atoms with van der Waals surface area (Å²) in [6.45, 7) is 1.10. The first-order valence-corrected chi connectivity index (χ1v) is 9.21. The molecule has 0 aromatic heterocycles. The number of amides is 2. The molecule has 0 atom stereocenters. The van der Waals surface area contributed by atoms with Crippen LogP contribution in [0.2, 0.25) is 5.02 Å². The van der Waals surface area contributed by atoms with E-state index in [0.717, 1.165) is 11.4 Å². The molecule has 1 saturated heterocycles. The number of fused-ring (bicyclic) bond motifs is 1. The lowest BCUT2D eigenvalue weighted by Crippen LogP contribution is -2.62. The van der Waals surface area contributed by atoms with Crippen molar-refractivity contribution in [2.75, 3.05) is 25.5 Å². The summed E-state index contributed by atoms with van der Waals surface area (Å²) >= 11 is 6.07. The second kappa shape index (κ2) is 6.78. The summed E-state index contributed by atoms with van der Waals surface area (Å²) in [5, 5.41) is 7.08. The van der Waals surface area contributed by atoms with Gasteiger partial charge < -0.3 is 20.3 Å². The van der Waals surface area contributed by atoms with Gasteiger partial charge in [0.15, 0.2) is 0 Å². The molecule has 4 rings (SSSR count). The first kappa shape index (κ1) is 17.7. The van der Waals surface area contributed by atoms with E-state index in [1.165, 1.54) is 0 Å². The van der Waals surface area contributed by atoms with Gasteiger partial charge in [-0.15, -0.1) is 0 Å². The molecule has 1 fully saturated rings. The lowest BCUT2D eigenvalue weighted by molar-refractivity contribution is 0.0639. The van der Waals surface area contributed by atoms with Crippen molar-refractivity contribution >= 4 is 29.1 Å². The number of likely N-dealkylation sites (tertiary alicyclic amines) is 1. The molecule has 2 aromatic rings. The van der Waals surface area contributed by atoms with E-state index in [9.17, 15) is 9.59 Å². The monoisotopic (exact) mass is 385 g/mol. The molecule has 0 aliphatic carbocycles. The Balaban J connectivity index is 1.47. The van der Waals surface area contributed by atoms with Gasteiger partial charge in [-0.2, -0.15) is 0 Å². The van der Waals surface area contributed by atoms with Gasteiger partial charge in [0.2, 0.25) is 0 Å². The number of carbonyl (C=O) groups is 2. The molecule has 140 valence electrons. The zero-order chi connectivity index (χ0) is 19.0. The normalized spacial score (nSPS) is 17.7. The number of rotatable bonds is 2. The van der Waals surface area contributed by atoms with Crippen LogP contribution in [0.25, 0.3) is 0 Å². The van der Waals surface area contributed by atoms with Crippen molar-refractivity contribution in [3.63, 3.8) is 0 Å². The second-order valence-corrected chi connectivity index (χ2v) is 7.31. The van der Waals surface area contributed by atoms with Crippen molar-refractivity contribution in [3.05, 3.63) is 58.6 Å². The van der Waals surface area contributed by atoms with E-state index in [0.29, 0.717) is 42.1 Å². The van der Waals surface area contributed by atoms with Crippen LogP contribution in [0.5, 0.6) is 5.75 Å². The highest BCUT2D eigenvalue weighted by molar-refractivity contribution is 6.31. The lowest BCUT2D eigenvalue weighted by atomic mass is 9.92. The highest BCUT2D eigenvalue weighted by Gasteiger charge is 2.41. The number of ether oxygens (including phenoxy) is 1. The predicted octanol–water partition coefficient (Wildman–Crippen LogP) is 3.14. The van der Waals surface area contributed by atoms with Gasteiger partial charge in [0.25, 0.3) is 11.8 Å². The average Bonchev–Trinajstić information content (AvgIpc) is 2.67. The molecule has 2 aliphatic heterocycles. The van der Waals surface area contributed by atoms with Crippen molar-refractivity contribution in [3.8, 4) is 5.75 Å². The van der Waals surface area contributed by atoms with Gasteiger partial charge in [0, 0.05) is 36.5 Å². The molecule has 0 radical (unpaired) electrons. The van der Waals surface area contributed by atoms with Crippen LogP contribution in [-0.2, 0) is 0 Å². The third kappa shape index (κ3) is 3.32. The van der Waals surface area contributed by atoms with E-state index < -0.39 is 5.66 Å². The van der Waals surface area contributed by atoms with Crippen LogP contribution in [0.15, 0.2) is 42.5 Å². The second-order valence-electron chi connectivity index (χ2n) is 6.87. The number of anilines is 1. The number of nitrogens with zero attached hydrogens (tertiary/aromatic N) is 1. The van der Waals surface area contributed by atoms with Crippen molar-refractivity contribution in [2.45, 2.75) is 18.5 Å². The Labute approximate surface area is 162 Å². The summed E-state index contributed by atoms with van der Waals surface area (Å²) in [5.74, 6) is 0.587. The predicted molar refractivity (Wildman–Crippen MR) is 103 cm³/mol. The third-order valence-corrected chi connectivity index (χ3v) is 5.43. The molecule has 1 spiro atoms. The van der Waals surface area contributed by atoms with Gasteiger partial charge in [-0.05, 0) is 42.5 Å². The Morgan fingerprint density at radius 1 is 1.11 bits per heavy atom. The molecule has 0 unspecified atom stereocenters. The van der Waals surface area contributed by atoms with E-state index >= 15 is 0 Å². The van der Waals surface area contributed by atoms with E-state index in [1.54, 1.807) is 49.6 Å². The molecule has 2 N–H and O–H groups in total. The summed E-state index contributed by atoms with van der Waals surface area (Å²) in [4.78, 5) is 27.0. The summed E-state index contributed by atoms with van der Waals surface area (Å²) in [5.41, 5.74) is 1.40. The zero-order valence-electron chi connectivity index (χ0n) is 14.9. The molecule has 2 aliphatic rings. The molecule has 0 saturated carbocycles. The standard InChI is InChI=1S/C20H20ClN3O3/c1-27-15-5-2-13(3-6-15)19(26)24-10-8-20(9-11-24)22-17-12-14(21)4-7-16(17)18(25)23-20/h2-7,12,22H,8-11H2,1H3,(H,23,25). The van der Waals surface area contributed by atoms with Crippen molar-refractivity contribution in [2.24, 2.45) is 0 Å². The highest BCUT2D eigenvalue weighted by Crippen LogP contribution is 2.33. The van der Waals surface area contributed by atoms with Crippen LogP contribution in [0, 0.1) is 0 Å². The third-order valence-electron chi connectivity index (χ3n) is 5.19. The van der Waals surface area contributed by atoms with Crippen LogP contribution in [0.4, 0.5) is 5.69 Å². The quantitative estimate of drug-likeness (QED) is 0.833. The summed E-state index contributed by atoms with van der Waals surface area (Å²) in [7, 11) is 1.59. The Morgan fingerprint density at radius 3 is 2.48 bits per heavy atom. The number of hydrogen-bond acceptors (Lipinski definition) is 4. The molecule has 0 bridgehead atoms. The number of methoxy groups -OCH3 is 1. The first-order valence-electron chi connectivity index (χ1n) is 8.83.